The lowest BCUT2D eigenvalue weighted by Crippen LogP contribution is -2.29. The van der Waals surface area contributed by atoms with Crippen molar-refractivity contribution in [2.24, 2.45) is 0 Å². The zero-order valence-electron chi connectivity index (χ0n) is 19.0. The Bertz CT molecular complexity index is 1420. The molecule has 0 spiro atoms. The van der Waals surface area contributed by atoms with Crippen molar-refractivity contribution in [3.8, 4) is 22.9 Å². The number of para-hydroxylation sites is 1. The molecule has 0 atom stereocenters. The Balaban J connectivity index is 1.33. The van der Waals surface area contributed by atoms with Gasteiger partial charge in [-0.2, -0.15) is 9.50 Å². The summed E-state index contributed by atoms with van der Waals surface area (Å²) < 4.78 is 13.3. The van der Waals surface area contributed by atoms with Crippen LogP contribution in [0.25, 0.3) is 17.2 Å². The number of amides is 1. The van der Waals surface area contributed by atoms with Gasteiger partial charge in [0.25, 0.3) is 5.91 Å². The van der Waals surface area contributed by atoms with Crippen molar-refractivity contribution in [3.05, 3.63) is 102 Å². The van der Waals surface area contributed by atoms with Gasteiger partial charge < -0.3 is 14.1 Å². The maximum atomic E-state index is 13.0. The number of rotatable bonds is 7. The summed E-state index contributed by atoms with van der Waals surface area (Å²) in [6.07, 6.45) is 0.768. The van der Waals surface area contributed by atoms with Crippen molar-refractivity contribution in [1.82, 2.24) is 19.5 Å². The summed E-state index contributed by atoms with van der Waals surface area (Å²) in [5, 5.41) is 4.57. The number of hydrogen-bond donors (Lipinski definition) is 0. The topological polar surface area (TPSA) is 72.9 Å². The molecule has 0 N–H and O–H groups in total. The molecule has 7 nitrogen and oxygen atoms in total. The van der Waals surface area contributed by atoms with Crippen molar-refractivity contribution in [2.75, 3.05) is 13.6 Å². The van der Waals surface area contributed by atoms with Gasteiger partial charge in [0.05, 0.1) is 5.69 Å². The van der Waals surface area contributed by atoms with Gasteiger partial charge in [-0.3, -0.25) is 4.79 Å². The molecule has 2 aromatic heterocycles. The van der Waals surface area contributed by atoms with E-state index in [4.69, 9.17) is 9.15 Å². The number of benzene rings is 3. The van der Waals surface area contributed by atoms with Crippen LogP contribution < -0.4 is 4.74 Å². The molecule has 34 heavy (non-hydrogen) atoms. The number of carbonyl (C=O) groups is 1. The van der Waals surface area contributed by atoms with Gasteiger partial charge in [0.2, 0.25) is 5.76 Å². The van der Waals surface area contributed by atoms with Crippen molar-refractivity contribution in [1.29, 1.82) is 0 Å². The number of fused-ring (bicyclic) bond motifs is 1. The molecule has 0 aliphatic carbocycles. The molecule has 7 heteroatoms. The van der Waals surface area contributed by atoms with E-state index in [1.54, 1.807) is 16.5 Å². The van der Waals surface area contributed by atoms with Gasteiger partial charge in [0.1, 0.15) is 11.5 Å². The number of nitrogens with zero attached hydrogens (tertiary/aromatic N) is 4. The zero-order chi connectivity index (χ0) is 23.5. The van der Waals surface area contributed by atoms with Crippen LogP contribution in [0.5, 0.6) is 11.5 Å². The second-order valence-electron chi connectivity index (χ2n) is 8.05. The van der Waals surface area contributed by atoms with E-state index < -0.39 is 0 Å². The third kappa shape index (κ3) is 4.41. The van der Waals surface area contributed by atoms with E-state index in [1.807, 2.05) is 79.7 Å². The van der Waals surface area contributed by atoms with Crippen LogP contribution in [0.2, 0.25) is 0 Å². The van der Waals surface area contributed by atoms with Gasteiger partial charge in [-0.25, -0.2) is 0 Å². The molecule has 0 aliphatic rings. The van der Waals surface area contributed by atoms with Crippen molar-refractivity contribution in [2.45, 2.75) is 13.3 Å². The Hall–Kier alpha value is -4.39. The van der Waals surface area contributed by atoms with Crippen LogP contribution in [0.3, 0.4) is 0 Å². The lowest BCUT2D eigenvalue weighted by atomic mass is 10.1. The normalized spacial score (nSPS) is 11.0. The molecule has 2 heterocycles. The van der Waals surface area contributed by atoms with Crippen LogP contribution in [0.1, 0.15) is 21.8 Å². The van der Waals surface area contributed by atoms with Gasteiger partial charge in [-0.1, -0.05) is 60.7 Å². The SMILES string of the molecule is Cc1c(C(=O)N(C)CCc2ccccc2)oc2nc(-c3cccc(Oc4ccccc4)c3)nn12. The van der Waals surface area contributed by atoms with Gasteiger partial charge in [0.15, 0.2) is 5.82 Å². The van der Waals surface area contributed by atoms with Gasteiger partial charge in [0, 0.05) is 19.2 Å². The molecule has 5 aromatic rings. The van der Waals surface area contributed by atoms with Gasteiger partial charge >= 0.3 is 5.84 Å². The fraction of sp³-hybridized carbons (Fsp3) is 0.148. The Labute approximate surface area is 197 Å². The summed E-state index contributed by atoms with van der Waals surface area (Å²) in [5.74, 6) is 2.27. The largest absolute Gasteiger partial charge is 0.457 e. The van der Waals surface area contributed by atoms with Crippen LogP contribution >= 0.6 is 0 Å². The van der Waals surface area contributed by atoms with Gasteiger partial charge in [-0.15, -0.1) is 5.10 Å². The van der Waals surface area contributed by atoms with E-state index in [0.717, 1.165) is 17.7 Å². The summed E-state index contributed by atoms with van der Waals surface area (Å²) in [7, 11) is 1.77. The summed E-state index contributed by atoms with van der Waals surface area (Å²) >= 11 is 0. The molecule has 0 fully saturated rings. The van der Waals surface area contributed by atoms with E-state index in [9.17, 15) is 4.79 Å². The van der Waals surface area contributed by atoms with Crippen LogP contribution in [0, 0.1) is 6.92 Å². The fourth-order valence-corrected chi connectivity index (χ4v) is 3.70. The molecule has 5 rings (SSSR count). The lowest BCUT2D eigenvalue weighted by molar-refractivity contribution is 0.0766. The highest BCUT2D eigenvalue weighted by Crippen LogP contribution is 2.27. The first kappa shape index (κ1) is 21.5. The maximum Gasteiger partial charge on any atom is 0.325 e. The van der Waals surface area contributed by atoms with Gasteiger partial charge in [-0.05, 0) is 43.2 Å². The average molecular weight is 453 g/mol. The lowest BCUT2D eigenvalue weighted by Gasteiger charge is -2.15. The highest BCUT2D eigenvalue weighted by Gasteiger charge is 2.24. The van der Waals surface area contributed by atoms with E-state index in [-0.39, 0.29) is 17.5 Å². The highest BCUT2D eigenvalue weighted by atomic mass is 16.5. The first-order chi connectivity index (χ1) is 16.6. The fourth-order valence-electron chi connectivity index (χ4n) is 3.70. The third-order valence-corrected chi connectivity index (χ3v) is 5.61. The minimum atomic E-state index is -0.194. The van der Waals surface area contributed by atoms with E-state index in [1.165, 1.54) is 5.56 Å². The molecule has 0 saturated carbocycles. The van der Waals surface area contributed by atoms with Crippen molar-refractivity contribution in [3.63, 3.8) is 0 Å². The number of hydrogen-bond acceptors (Lipinski definition) is 5. The number of carbonyl (C=O) groups excluding carboxylic acids is 1. The smallest absolute Gasteiger partial charge is 0.325 e. The molecule has 0 radical (unpaired) electrons. The minimum Gasteiger partial charge on any atom is -0.457 e. The average Bonchev–Trinajstić information content (AvgIpc) is 3.43. The number of ether oxygens (including phenoxy) is 1. The Morgan fingerprint density at radius 3 is 2.41 bits per heavy atom. The van der Waals surface area contributed by atoms with Crippen molar-refractivity contribution < 1.29 is 13.9 Å². The molecule has 170 valence electrons. The Kier molecular flexibility index (Phi) is 5.82. The molecule has 0 saturated heterocycles. The second kappa shape index (κ2) is 9.23. The molecule has 3 aromatic carbocycles. The molecule has 0 bridgehead atoms. The first-order valence-electron chi connectivity index (χ1n) is 11.1. The van der Waals surface area contributed by atoms with Crippen LogP contribution in [-0.4, -0.2) is 39.0 Å². The zero-order valence-corrected chi connectivity index (χ0v) is 19.0. The second-order valence-corrected chi connectivity index (χ2v) is 8.05. The van der Waals surface area contributed by atoms with Crippen molar-refractivity contribution >= 4 is 11.8 Å². The first-order valence-corrected chi connectivity index (χ1v) is 11.1. The summed E-state index contributed by atoms with van der Waals surface area (Å²) in [4.78, 5) is 19.1. The third-order valence-electron chi connectivity index (χ3n) is 5.61. The molecule has 1 amide bonds. The Morgan fingerprint density at radius 2 is 1.68 bits per heavy atom. The predicted octanol–water partition coefficient (Wildman–Crippen LogP) is 5.40. The van der Waals surface area contributed by atoms with E-state index in [2.05, 4.69) is 22.2 Å². The number of aryl methyl sites for hydroxylation is 1. The highest BCUT2D eigenvalue weighted by molar-refractivity contribution is 5.92. The minimum absolute atomic E-state index is 0.194. The summed E-state index contributed by atoms with van der Waals surface area (Å²) in [5.41, 5.74) is 2.58. The Morgan fingerprint density at radius 1 is 0.971 bits per heavy atom. The number of oxazole rings is 1. The predicted molar refractivity (Wildman–Crippen MR) is 129 cm³/mol. The van der Waals surface area contributed by atoms with E-state index in [0.29, 0.717) is 23.8 Å². The maximum absolute atomic E-state index is 13.0. The quantitative estimate of drug-likeness (QED) is 0.330. The standard InChI is InChI=1S/C27H24N4O3/c1-19-24(26(32)30(2)17-16-20-10-5-3-6-11-20)34-27-28-25(29-31(19)27)21-12-9-15-23(18-21)33-22-13-7-4-8-14-22/h3-15,18H,16-17H2,1-2H3. The number of aromatic nitrogens is 3. The summed E-state index contributed by atoms with van der Waals surface area (Å²) in [6.45, 7) is 2.39. The number of likely N-dealkylation sites (N-methyl/N-ethyl adjacent to an activating group) is 1. The van der Waals surface area contributed by atoms with Crippen LogP contribution in [0.15, 0.2) is 89.3 Å². The van der Waals surface area contributed by atoms with E-state index >= 15 is 0 Å². The molecular formula is C27H24N4O3. The molecule has 0 aliphatic heterocycles. The summed E-state index contributed by atoms with van der Waals surface area (Å²) in [6, 6.07) is 27.2. The monoisotopic (exact) mass is 452 g/mol. The molecular weight excluding hydrogens is 428 g/mol. The molecule has 0 unspecified atom stereocenters. The van der Waals surface area contributed by atoms with Crippen LogP contribution in [-0.2, 0) is 6.42 Å². The van der Waals surface area contributed by atoms with Crippen LogP contribution in [0.4, 0.5) is 0 Å².